The lowest BCUT2D eigenvalue weighted by Gasteiger charge is -2.15. The molecule has 0 aliphatic heterocycles. The molecule has 1 aliphatic carbocycles. The molecule has 0 radical (unpaired) electrons. The van der Waals surface area contributed by atoms with Gasteiger partial charge in [0.15, 0.2) is 0 Å². The normalized spacial score (nSPS) is 17.5. The van der Waals surface area contributed by atoms with Crippen LogP contribution in [0.5, 0.6) is 0 Å². The lowest BCUT2D eigenvalue weighted by molar-refractivity contribution is 0.444. The predicted molar refractivity (Wildman–Crippen MR) is 88.2 cm³/mol. The van der Waals surface area contributed by atoms with Gasteiger partial charge in [-0.05, 0) is 57.6 Å². The second-order valence-electron chi connectivity index (χ2n) is 6.68. The molecule has 1 fully saturated rings. The summed E-state index contributed by atoms with van der Waals surface area (Å²) in [6.07, 6.45) is 11.2. The molecule has 1 N–H and O–H groups in total. The molecule has 1 aromatic carbocycles. The topological polar surface area (TPSA) is 12.0 Å². The summed E-state index contributed by atoms with van der Waals surface area (Å²) in [7, 11) is 0. The molecule has 112 valence electrons. The number of hydrogen-bond donors (Lipinski definition) is 1. The van der Waals surface area contributed by atoms with E-state index in [0.717, 1.165) is 5.92 Å². The second-order valence-corrected chi connectivity index (χ2v) is 6.68. The zero-order chi connectivity index (χ0) is 14.2. The highest BCUT2D eigenvalue weighted by Crippen LogP contribution is 2.28. The molecule has 2 rings (SSSR count). The molecule has 0 aromatic heterocycles. The Bertz CT molecular complexity index is 379. The van der Waals surface area contributed by atoms with Gasteiger partial charge in [-0.2, -0.15) is 0 Å². The largest absolute Gasteiger partial charge is 0.314 e. The molecule has 1 atom stereocenters. The van der Waals surface area contributed by atoms with Crippen molar-refractivity contribution in [2.24, 2.45) is 5.92 Å². The summed E-state index contributed by atoms with van der Waals surface area (Å²) < 4.78 is 0. The number of aryl methyl sites for hydroxylation is 2. The fourth-order valence-electron chi connectivity index (χ4n) is 3.39. The summed E-state index contributed by atoms with van der Waals surface area (Å²) >= 11 is 0. The summed E-state index contributed by atoms with van der Waals surface area (Å²) in [6, 6.07) is 9.55. The van der Waals surface area contributed by atoms with Gasteiger partial charge in [0, 0.05) is 6.04 Å². The second kappa shape index (κ2) is 8.46. The van der Waals surface area contributed by atoms with Gasteiger partial charge in [0.05, 0.1) is 0 Å². The quantitative estimate of drug-likeness (QED) is 0.666. The first-order chi connectivity index (χ1) is 9.74. The average molecular weight is 273 g/mol. The van der Waals surface area contributed by atoms with Crippen molar-refractivity contribution >= 4 is 0 Å². The maximum absolute atomic E-state index is 3.69. The number of nitrogens with one attached hydrogen (secondary N) is 1. The van der Waals surface area contributed by atoms with E-state index in [0.29, 0.717) is 6.04 Å². The van der Waals surface area contributed by atoms with Gasteiger partial charge >= 0.3 is 0 Å². The van der Waals surface area contributed by atoms with Crippen molar-refractivity contribution in [2.45, 2.75) is 71.3 Å². The summed E-state index contributed by atoms with van der Waals surface area (Å²) in [4.78, 5) is 0. The lowest BCUT2D eigenvalue weighted by Crippen LogP contribution is -2.27. The Morgan fingerprint density at radius 3 is 2.80 bits per heavy atom. The van der Waals surface area contributed by atoms with Gasteiger partial charge < -0.3 is 5.32 Å². The minimum atomic E-state index is 0.638. The zero-order valence-electron chi connectivity index (χ0n) is 13.3. The van der Waals surface area contributed by atoms with Crippen molar-refractivity contribution in [1.82, 2.24) is 5.32 Å². The number of rotatable bonds is 8. The third-order valence-corrected chi connectivity index (χ3v) is 4.71. The Kier molecular flexibility index (Phi) is 6.59. The van der Waals surface area contributed by atoms with Gasteiger partial charge in [0.2, 0.25) is 0 Å². The first-order valence-electron chi connectivity index (χ1n) is 8.53. The standard InChI is InChI=1S/C19H31N/c1-16-7-5-10-19(15-16)13-12-17(2)20-14-6-11-18-8-3-4-9-18/h5,7,10,15,17-18,20H,3-4,6,8-9,11-14H2,1-2H3. The van der Waals surface area contributed by atoms with E-state index in [-0.39, 0.29) is 0 Å². The van der Waals surface area contributed by atoms with E-state index >= 15 is 0 Å². The minimum absolute atomic E-state index is 0.638. The summed E-state index contributed by atoms with van der Waals surface area (Å²) in [5, 5.41) is 3.69. The van der Waals surface area contributed by atoms with Crippen LogP contribution >= 0.6 is 0 Å². The predicted octanol–water partition coefficient (Wildman–Crippen LogP) is 4.88. The van der Waals surface area contributed by atoms with Gasteiger partial charge in [-0.3, -0.25) is 0 Å². The molecule has 1 heteroatoms. The third-order valence-electron chi connectivity index (χ3n) is 4.71. The van der Waals surface area contributed by atoms with E-state index in [9.17, 15) is 0 Å². The first kappa shape index (κ1) is 15.6. The molecule has 0 amide bonds. The fraction of sp³-hybridized carbons (Fsp3) is 0.684. The molecular weight excluding hydrogens is 242 g/mol. The average Bonchev–Trinajstić information content (AvgIpc) is 2.95. The van der Waals surface area contributed by atoms with Crippen molar-refractivity contribution in [3.63, 3.8) is 0 Å². The number of hydrogen-bond acceptors (Lipinski definition) is 1. The molecule has 0 spiro atoms. The van der Waals surface area contributed by atoms with Crippen molar-refractivity contribution in [3.8, 4) is 0 Å². The molecule has 1 saturated carbocycles. The van der Waals surface area contributed by atoms with Gasteiger partial charge in [-0.1, -0.05) is 55.5 Å². The molecule has 1 aromatic rings. The molecule has 20 heavy (non-hydrogen) atoms. The number of benzene rings is 1. The molecule has 0 bridgehead atoms. The maximum atomic E-state index is 3.69. The molecule has 1 unspecified atom stereocenters. The third kappa shape index (κ3) is 5.66. The van der Waals surface area contributed by atoms with Gasteiger partial charge in [0.25, 0.3) is 0 Å². The van der Waals surface area contributed by atoms with Crippen LogP contribution in [0.1, 0.15) is 63.0 Å². The van der Waals surface area contributed by atoms with Crippen LogP contribution in [0.2, 0.25) is 0 Å². The summed E-state index contributed by atoms with van der Waals surface area (Å²) in [6.45, 7) is 5.70. The van der Waals surface area contributed by atoms with Gasteiger partial charge in [-0.25, -0.2) is 0 Å². The monoisotopic (exact) mass is 273 g/mol. The van der Waals surface area contributed by atoms with Crippen LogP contribution in [0.25, 0.3) is 0 Å². The van der Waals surface area contributed by atoms with Crippen molar-refractivity contribution < 1.29 is 0 Å². The first-order valence-corrected chi connectivity index (χ1v) is 8.53. The molecule has 0 saturated heterocycles. The van der Waals surface area contributed by atoms with Crippen LogP contribution in [-0.2, 0) is 6.42 Å². The SMILES string of the molecule is Cc1cccc(CCC(C)NCCCC2CCCC2)c1. The summed E-state index contributed by atoms with van der Waals surface area (Å²) in [5.74, 6) is 1.04. The van der Waals surface area contributed by atoms with E-state index in [1.165, 1.54) is 69.0 Å². The summed E-state index contributed by atoms with van der Waals surface area (Å²) in [5.41, 5.74) is 2.85. The Morgan fingerprint density at radius 2 is 2.05 bits per heavy atom. The van der Waals surface area contributed by atoms with Crippen LogP contribution in [0, 0.1) is 12.8 Å². The van der Waals surface area contributed by atoms with E-state index in [4.69, 9.17) is 0 Å². The highest BCUT2D eigenvalue weighted by molar-refractivity contribution is 5.22. The Morgan fingerprint density at radius 1 is 1.25 bits per heavy atom. The molecule has 0 heterocycles. The Hall–Kier alpha value is -0.820. The van der Waals surface area contributed by atoms with E-state index in [1.54, 1.807) is 0 Å². The maximum Gasteiger partial charge on any atom is 0.00418 e. The molecule has 1 nitrogen and oxygen atoms in total. The van der Waals surface area contributed by atoms with Crippen LogP contribution in [-0.4, -0.2) is 12.6 Å². The molecular formula is C19H31N. The highest BCUT2D eigenvalue weighted by Gasteiger charge is 2.14. The minimum Gasteiger partial charge on any atom is -0.314 e. The Labute approximate surface area is 125 Å². The van der Waals surface area contributed by atoms with Gasteiger partial charge in [-0.15, -0.1) is 0 Å². The Balaban J connectivity index is 1.54. The molecule has 1 aliphatic rings. The van der Waals surface area contributed by atoms with Crippen LogP contribution in [0.3, 0.4) is 0 Å². The zero-order valence-corrected chi connectivity index (χ0v) is 13.3. The van der Waals surface area contributed by atoms with E-state index < -0.39 is 0 Å². The fourth-order valence-corrected chi connectivity index (χ4v) is 3.39. The smallest absolute Gasteiger partial charge is 0.00418 e. The van der Waals surface area contributed by atoms with E-state index in [1.807, 2.05) is 0 Å². The van der Waals surface area contributed by atoms with Crippen molar-refractivity contribution in [3.05, 3.63) is 35.4 Å². The highest BCUT2D eigenvalue weighted by atomic mass is 14.9. The van der Waals surface area contributed by atoms with Crippen molar-refractivity contribution in [1.29, 1.82) is 0 Å². The van der Waals surface area contributed by atoms with Crippen molar-refractivity contribution in [2.75, 3.05) is 6.54 Å². The van der Waals surface area contributed by atoms with Crippen LogP contribution in [0.15, 0.2) is 24.3 Å². The van der Waals surface area contributed by atoms with Gasteiger partial charge in [0.1, 0.15) is 0 Å². The lowest BCUT2D eigenvalue weighted by atomic mass is 10.0. The van der Waals surface area contributed by atoms with Crippen LogP contribution in [0.4, 0.5) is 0 Å². The van der Waals surface area contributed by atoms with Crippen LogP contribution < -0.4 is 5.32 Å². The van der Waals surface area contributed by atoms with E-state index in [2.05, 4.69) is 43.4 Å².